The Labute approximate surface area is 117 Å². The molecule has 0 aliphatic rings. The van der Waals surface area contributed by atoms with Gasteiger partial charge in [0.15, 0.2) is 12.2 Å². The van der Waals surface area contributed by atoms with Crippen molar-refractivity contribution in [3.8, 4) is 5.75 Å². The molecular formula is C16H16N2O2. The van der Waals surface area contributed by atoms with Gasteiger partial charge in [0.2, 0.25) is 5.89 Å². The largest absolute Gasteiger partial charge is 0.484 e. The van der Waals surface area contributed by atoms with Gasteiger partial charge in [0, 0.05) is 6.54 Å². The normalized spacial score (nSPS) is 10.9. The van der Waals surface area contributed by atoms with Gasteiger partial charge in [-0.1, -0.05) is 23.8 Å². The fourth-order valence-electron chi connectivity index (χ4n) is 1.99. The van der Waals surface area contributed by atoms with Crippen LogP contribution in [0.2, 0.25) is 0 Å². The minimum Gasteiger partial charge on any atom is -0.484 e. The van der Waals surface area contributed by atoms with Crippen molar-refractivity contribution >= 4 is 11.1 Å². The zero-order valence-electron chi connectivity index (χ0n) is 11.3. The molecular weight excluding hydrogens is 252 g/mol. The lowest BCUT2D eigenvalue weighted by Crippen LogP contribution is -1.95. The number of nitrogens with zero attached hydrogens (tertiary/aromatic N) is 1. The Morgan fingerprint density at radius 1 is 1.15 bits per heavy atom. The molecule has 0 fully saturated rings. The molecule has 0 atom stereocenters. The van der Waals surface area contributed by atoms with Crippen LogP contribution in [0.3, 0.4) is 0 Å². The van der Waals surface area contributed by atoms with E-state index in [-0.39, 0.29) is 0 Å². The maximum atomic E-state index is 5.66. The Kier molecular flexibility index (Phi) is 3.39. The van der Waals surface area contributed by atoms with Gasteiger partial charge in [-0.2, -0.15) is 0 Å². The third kappa shape index (κ3) is 2.65. The number of nitrogens with two attached hydrogens (primary N) is 1. The summed E-state index contributed by atoms with van der Waals surface area (Å²) in [6.45, 7) is 2.85. The van der Waals surface area contributed by atoms with E-state index < -0.39 is 0 Å². The molecule has 0 amide bonds. The van der Waals surface area contributed by atoms with Crippen LogP contribution in [0.1, 0.15) is 17.0 Å². The van der Waals surface area contributed by atoms with Crippen LogP contribution in [0.5, 0.6) is 5.75 Å². The van der Waals surface area contributed by atoms with E-state index >= 15 is 0 Å². The number of rotatable bonds is 4. The first-order valence-corrected chi connectivity index (χ1v) is 6.52. The van der Waals surface area contributed by atoms with Gasteiger partial charge in [-0.3, -0.25) is 0 Å². The van der Waals surface area contributed by atoms with Gasteiger partial charge >= 0.3 is 0 Å². The summed E-state index contributed by atoms with van der Waals surface area (Å²) in [5, 5.41) is 0. The van der Waals surface area contributed by atoms with E-state index in [1.165, 1.54) is 5.56 Å². The van der Waals surface area contributed by atoms with Crippen LogP contribution in [0.4, 0.5) is 0 Å². The van der Waals surface area contributed by atoms with Crippen LogP contribution in [-0.2, 0) is 13.2 Å². The highest BCUT2D eigenvalue weighted by Gasteiger charge is 2.07. The number of benzene rings is 2. The summed E-state index contributed by atoms with van der Waals surface area (Å²) in [7, 11) is 0. The predicted molar refractivity (Wildman–Crippen MR) is 77.4 cm³/mol. The van der Waals surface area contributed by atoms with Crippen LogP contribution in [0.15, 0.2) is 46.9 Å². The van der Waals surface area contributed by atoms with Crippen molar-refractivity contribution in [2.45, 2.75) is 20.1 Å². The molecule has 0 radical (unpaired) electrons. The van der Waals surface area contributed by atoms with Gasteiger partial charge in [0.25, 0.3) is 0 Å². The summed E-state index contributed by atoms with van der Waals surface area (Å²) >= 11 is 0. The molecule has 2 aromatic carbocycles. The second-order valence-corrected chi connectivity index (χ2v) is 4.72. The number of hydrogen-bond donors (Lipinski definition) is 1. The maximum Gasteiger partial charge on any atom is 0.233 e. The topological polar surface area (TPSA) is 61.3 Å². The smallest absolute Gasteiger partial charge is 0.233 e. The van der Waals surface area contributed by atoms with Crippen LogP contribution >= 0.6 is 0 Å². The maximum absolute atomic E-state index is 5.66. The summed E-state index contributed by atoms with van der Waals surface area (Å²) < 4.78 is 11.3. The van der Waals surface area contributed by atoms with Gasteiger partial charge in [0.05, 0.1) is 0 Å². The molecule has 20 heavy (non-hydrogen) atoms. The lowest BCUT2D eigenvalue weighted by Gasteiger charge is -2.03. The lowest BCUT2D eigenvalue weighted by atomic mass is 10.2. The van der Waals surface area contributed by atoms with Crippen molar-refractivity contribution in [1.82, 2.24) is 4.98 Å². The van der Waals surface area contributed by atoms with E-state index in [0.29, 0.717) is 19.0 Å². The van der Waals surface area contributed by atoms with Gasteiger partial charge in [0.1, 0.15) is 11.3 Å². The SMILES string of the molecule is Cc1ccc(OCc2nc3ccc(CN)cc3o2)cc1. The van der Waals surface area contributed by atoms with E-state index in [9.17, 15) is 0 Å². The number of hydrogen-bond acceptors (Lipinski definition) is 4. The first-order valence-electron chi connectivity index (χ1n) is 6.52. The van der Waals surface area contributed by atoms with Crippen molar-refractivity contribution < 1.29 is 9.15 Å². The molecule has 3 aromatic rings. The van der Waals surface area contributed by atoms with Crippen LogP contribution in [0, 0.1) is 6.92 Å². The monoisotopic (exact) mass is 268 g/mol. The average Bonchev–Trinajstić information content (AvgIpc) is 2.88. The van der Waals surface area contributed by atoms with E-state index in [0.717, 1.165) is 22.4 Å². The summed E-state index contributed by atoms with van der Waals surface area (Å²) in [4.78, 5) is 4.39. The Balaban J connectivity index is 1.75. The standard InChI is InChI=1S/C16H16N2O2/c1-11-2-5-13(6-3-11)19-10-16-18-14-7-4-12(9-17)8-15(14)20-16/h2-8H,9-10,17H2,1H3. The van der Waals surface area contributed by atoms with Crippen molar-refractivity contribution in [2.75, 3.05) is 0 Å². The van der Waals surface area contributed by atoms with Gasteiger partial charge in [-0.05, 0) is 36.8 Å². The second-order valence-electron chi connectivity index (χ2n) is 4.72. The number of aromatic nitrogens is 1. The third-order valence-electron chi connectivity index (χ3n) is 3.12. The molecule has 1 heterocycles. The molecule has 0 unspecified atom stereocenters. The molecule has 4 nitrogen and oxygen atoms in total. The zero-order chi connectivity index (χ0) is 13.9. The summed E-state index contributed by atoms with van der Waals surface area (Å²) in [5.74, 6) is 1.37. The Bertz CT molecular complexity index is 717. The minimum atomic E-state index is 0.315. The molecule has 0 aliphatic heterocycles. The zero-order valence-corrected chi connectivity index (χ0v) is 11.3. The number of oxazole rings is 1. The summed E-state index contributed by atoms with van der Waals surface area (Å²) in [6.07, 6.45) is 0. The second kappa shape index (κ2) is 5.35. The minimum absolute atomic E-state index is 0.315. The first-order chi connectivity index (χ1) is 9.74. The van der Waals surface area contributed by atoms with E-state index in [1.54, 1.807) is 0 Å². The highest BCUT2D eigenvalue weighted by atomic mass is 16.5. The first kappa shape index (κ1) is 12.7. The molecule has 0 spiro atoms. The molecule has 4 heteroatoms. The van der Waals surface area contributed by atoms with E-state index in [2.05, 4.69) is 4.98 Å². The van der Waals surface area contributed by atoms with Crippen molar-refractivity contribution in [2.24, 2.45) is 5.73 Å². The van der Waals surface area contributed by atoms with Crippen molar-refractivity contribution in [1.29, 1.82) is 0 Å². The van der Waals surface area contributed by atoms with Crippen molar-refractivity contribution in [3.63, 3.8) is 0 Å². The number of aryl methyl sites for hydroxylation is 1. The fraction of sp³-hybridized carbons (Fsp3) is 0.188. The Morgan fingerprint density at radius 3 is 2.70 bits per heavy atom. The predicted octanol–water partition coefficient (Wildman–Crippen LogP) is 3.17. The Hall–Kier alpha value is -2.33. The quantitative estimate of drug-likeness (QED) is 0.789. The molecule has 0 saturated carbocycles. The number of fused-ring (bicyclic) bond motifs is 1. The van der Waals surface area contributed by atoms with E-state index in [4.69, 9.17) is 14.9 Å². The van der Waals surface area contributed by atoms with Gasteiger partial charge in [-0.15, -0.1) is 0 Å². The van der Waals surface area contributed by atoms with E-state index in [1.807, 2.05) is 49.4 Å². The fourth-order valence-corrected chi connectivity index (χ4v) is 1.99. The Morgan fingerprint density at radius 2 is 1.95 bits per heavy atom. The highest BCUT2D eigenvalue weighted by molar-refractivity contribution is 5.73. The van der Waals surface area contributed by atoms with Crippen LogP contribution in [0.25, 0.3) is 11.1 Å². The average molecular weight is 268 g/mol. The van der Waals surface area contributed by atoms with Crippen LogP contribution in [-0.4, -0.2) is 4.98 Å². The number of ether oxygens (including phenoxy) is 1. The molecule has 0 aliphatic carbocycles. The molecule has 0 saturated heterocycles. The van der Waals surface area contributed by atoms with Gasteiger partial charge < -0.3 is 14.9 Å². The lowest BCUT2D eigenvalue weighted by molar-refractivity contribution is 0.267. The molecule has 0 bridgehead atoms. The van der Waals surface area contributed by atoms with Gasteiger partial charge in [-0.25, -0.2) is 4.98 Å². The molecule has 2 N–H and O–H groups in total. The molecule has 3 rings (SSSR count). The van der Waals surface area contributed by atoms with Crippen molar-refractivity contribution in [3.05, 3.63) is 59.5 Å². The molecule has 1 aromatic heterocycles. The third-order valence-corrected chi connectivity index (χ3v) is 3.12. The summed E-state index contributed by atoms with van der Waals surface area (Å²) in [6, 6.07) is 13.7. The van der Waals surface area contributed by atoms with Crippen LogP contribution < -0.4 is 10.5 Å². The summed E-state index contributed by atoms with van der Waals surface area (Å²) in [5.41, 5.74) is 9.41. The molecule has 102 valence electrons. The highest BCUT2D eigenvalue weighted by Crippen LogP contribution is 2.19.